The lowest BCUT2D eigenvalue weighted by Crippen LogP contribution is -2.69. The number of rotatable bonds is 25. The van der Waals surface area contributed by atoms with Crippen LogP contribution < -0.4 is 58.5 Å². The number of ketones is 2. The van der Waals surface area contributed by atoms with E-state index in [1.807, 2.05) is 0 Å². The molecule has 1 heterocycles. The van der Waals surface area contributed by atoms with Crippen molar-refractivity contribution in [2.45, 2.75) is 289 Å². The fourth-order valence-corrected chi connectivity index (χ4v) is 15.8. The lowest BCUT2D eigenvalue weighted by molar-refractivity contribution is -0.220. The number of allylic oxidation sites excluding steroid dienone is 4. The van der Waals surface area contributed by atoms with E-state index < -0.39 is 214 Å². The van der Waals surface area contributed by atoms with Gasteiger partial charge in [0.2, 0.25) is 53.0 Å². The summed E-state index contributed by atoms with van der Waals surface area (Å²) in [6.07, 6.45) is -2.02. The molecule has 32 nitrogen and oxygen atoms in total. The summed E-state index contributed by atoms with van der Waals surface area (Å²) in [7, 11) is 0. The average Bonchev–Trinajstić information content (AvgIpc) is 1.57. The van der Waals surface area contributed by atoms with Crippen molar-refractivity contribution in [2.24, 2.45) is 34.5 Å². The molecule has 0 bridgehead atoms. The van der Waals surface area contributed by atoms with Gasteiger partial charge in [-0.2, -0.15) is 0 Å². The van der Waals surface area contributed by atoms with E-state index in [1.165, 1.54) is 25.2 Å². The number of amides is 11. The van der Waals surface area contributed by atoms with Crippen molar-refractivity contribution in [1.82, 2.24) is 58.5 Å². The molecule has 1 aromatic rings. The Labute approximate surface area is 660 Å². The fourth-order valence-electron chi connectivity index (χ4n) is 15.8. The van der Waals surface area contributed by atoms with Gasteiger partial charge in [0.05, 0.1) is 12.2 Å². The molecule has 1 aromatic carbocycles. The third-order valence-corrected chi connectivity index (χ3v) is 21.5. The number of alkyl carbamates (subject to hydrolysis) is 3. The van der Waals surface area contributed by atoms with Gasteiger partial charge >= 0.3 is 24.2 Å². The van der Waals surface area contributed by atoms with E-state index >= 15 is 4.39 Å². The zero-order valence-corrected chi connectivity index (χ0v) is 68.0. The standard InChI is InChI=1S/C80H122FN11O21/c1-45(2)39-57-68(103)89-54(31-36-83-71(106)111-74(5,6)7)65(100)88-56(33-38-85-73(108)113-76(11,12)13)67(102)92-63(47(4)93)70(105)82-35-30-53(64(99)87-55(32-37-84-72(107)112-75(8,9)10)66(101)91-58(69(104)90-57)41-48-23-19-18-20-24-48)86-61(97)25-21-16-17-22-26-62(98)110-44-60(96)80(109)46(3)40-52-51-28-27-49-42-50(94)29-34-77(49,14)79(51,81)59(95)43-78(52,80)15/h18-20,23-24,29,34,42,45-47,51-59,63,93,95,109H,16-17,21-22,25-28,30-33,35-41,43-44H2,1-15H3,(H,82,105)(H,83,106)(H,84,107)(H,85,108)(H,86,97)(H,87,99)(H,88,100)(H,89,103)(H,90,104)(H,91,101)(H,92,102)/t46-,47-,51+,52+,53+,54+,55+,56+,57+,58-,59+,63+,77+,78+,79+,80+/m1/s1. The Morgan fingerprint density at radius 3 is 1.61 bits per heavy atom. The third-order valence-electron chi connectivity index (χ3n) is 21.5. The van der Waals surface area contributed by atoms with Crippen LogP contribution in [0.2, 0.25) is 0 Å². The lowest BCUT2D eigenvalue weighted by atomic mass is 9.44. The molecule has 113 heavy (non-hydrogen) atoms. The fraction of sp³-hybridized carbons (Fsp3) is 0.700. The maximum absolute atomic E-state index is 17.8. The average molecular weight is 1590 g/mol. The first-order valence-electron chi connectivity index (χ1n) is 39.4. The number of nitrogens with one attached hydrogen (secondary N) is 11. The van der Waals surface area contributed by atoms with Crippen molar-refractivity contribution in [3.05, 3.63) is 59.7 Å². The van der Waals surface area contributed by atoms with Crippen molar-refractivity contribution >= 4 is 83.1 Å². The Kier molecular flexibility index (Phi) is 32.6. The third kappa shape index (κ3) is 25.7. The topological polar surface area (TPSA) is 469 Å². The second-order valence-corrected chi connectivity index (χ2v) is 34.4. The van der Waals surface area contributed by atoms with Crippen LogP contribution in [-0.2, 0) is 78.1 Å². The second-order valence-electron chi connectivity index (χ2n) is 34.4. The predicted molar refractivity (Wildman–Crippen MR) is 411 cm³/mol. The van der Waals surface area contributed by atoms with Gasteiger partial charge in [0, 0.05) is 62.2 Å². The maximum atomic E-state index is 17.8. The first-order valence-corrected chi connectivity index (χ1v) is 39.4. The Morgan fingerprint density at radius 2 is 1.10 bits per heavy atom. The lowest BCUT2D eigenvalue weighted by Gasteiger charge is -2.62. The Bertz CT molecular complexity index is 3670. The number of esters is 1. The summed E-state index contributed by atoms with van der Waals surface area (Å²) < 4.78 is 39.4. The number of hydrogen-bond donors (Lipinski definition) is 14. The molecule has 1 aliphatic heterocycles. The van der Waals surface area contributed by atoms with Crippen LogP contribution >= 0.6 is 0 Å². The van der Waals surface area contributed by atoms with E-state index in [0.717, 1.165) is 0 Å². The van der Waals surface area contributed by atoms with E-state index in [0.29, 0.717) is 30.4 Å². The number of ether oxygens (including phenoxy) is 4. The van der Waals surface area contributed by atoms with Crippen LogP contribution in [0.1, 0.15) is 206 Å². The molecule has 16 atom stereocenters. The van der Waals surface area contributed by atoms with Crippen LogP contribution in [0, 0.1) is 34.5 Å². The molecule has 14 N–H and O–H groups in total. The number of halogens is 1. The molecule has 33 heteroatoms. The van der Waals surface area contributed by atoms with Crippen LogP contribution in [0.4, 0.5) is 18.8 Å². The van der Waals surface area contributed by atoms with Crippen molar-refractivity contribution in [1.29, 1.82) is 0 Å². The summed E-state index contributed by atoms with van der Waals surface area (Å²) in [5.41, 5.74) is -8.58. The first kappa shape index (κ1) is 92.8. The minimum Gasteiger partial charge on any atom is -0.458 e. The molecule has 3 saturated carbocycles. The molecule has 0 unspecified atom stereocenters. The van der Waals surface area contributed by atoms with Gasteiger partial charge in [-0.15, -0.1) is 0 Å². The number of benzene rings is 1. The number of unbranched alkanes of at least 4 members (excludes halogenated alkanes) is 3. The Balaban J connectivity index is 1.23. The molecule has 1 saturated heterocycles. The predicted octanol–water partition coefficient (Wildman–Crippen LogP) is 4.11. The number of aliphatic hydroxyl groups excluding tert-OH is 2. The van der Waals surface area contributed by atoms with E-state index in [2.05, 4.69) is 58.5 Å². The van der Waals surface area contributed by atoms with Gasteiger partial charge in [-0.1, -0.05) is 82.5 Å². The quantitative estimate of drug-likeness (QED) is 0.0372. The summed E-state index contributed by atoms with van der Waals surface area (Å²) >= 11 is 0. The van der Waals surface area contributed by atoms with Gasteiger partial charge in [-0.25, -0.2) is 18.8 Å². The summed E-state index contributed by atoms with van der Waals surface area (Å²) in [4.78, 5) is 196. The largest absolute Gasteiger partial charge is 0.458 e. The number of carbonyl (C=O) groups is 14. The second kappa shape index (κ2) is 39.8. The molecule has 0 spiro atoms. The molecular weight excluding hydrogens is 1470 g/mol. The number of alkyl halides is 1. The summed E-state index contributed by atoms with van der Waals surface area (Å²) in [5.74, 6) is -11.8. The number of carbonyl (C=O) groups excluding carboxylic acids is 14. The first-order chi connectivity index (χ1) is 52.6. The highest BCUT2D eigenvalue weighted by molar-refractivity contribution is 6.02. The number of fused-ring (bicyclic) bond motifs is 5. The highest BCUT2D eigenvalue weighted by atomic mass is 19.1. The van der Waals surface area contributed by atoms with Gasteiger partial charge in [0.1, 0.15) is 64.7 Å². The molecule has 630 valence electrons. The highest BCUT2D eigenvalue weighted by Crippen LogP contribution is 2.70. The van der Waals surface area contributed by atoms with Gasteiger partial charge < -0.3 is 92.8 Å². The number of aliphatic hydroxyl groups is 3. The molecule has 11 amide bonds. The van der Waals surface area contributed by atoms with Crippen LogP contribution in [0.15, 0.2) is 54.1 Å². The number of hydrogen-bond acceptors (Lipinski definition) is 21. The van der Waals surface area contributed by atoms with E-state index in [1.54, 1.807) is 127 Å². The van der Waals surface area contributed by atoms with Gasteiger partial charge in [0.25, 0.3) is 0 Å². The number of Topliss-reactive ketones (excluding diaryl/α,β-unsaturated/α-hetero) is 1. The minimum absolute atomic E-state index is 0.0681. The summed E-state index contributed by atoms with van der Waals surface area (Å²) in [6, 6.07) is -2.82. The molecular formula is C80H122FN11O21. The molecule has 4 fully saturated rings. The SMILES string of the molecule is CC(C)C[C@@H]1NC(=O)[C@@H](Cc2ccccc2)NC(=O)[C@H](CCNC(=O)OC(C)(C)C)NC(=O)[C@@H](NC(=O)CCCCCCC(=O)OCC(=O)[C@@]2(O)[C@H](C)C[C@H]3[C@@H]4CCC5=CC(=O)C=C[C@]5(C)[C@@]4(F)[C@@H](O)C[C@@]32C)CCNC(=O)[C@H]([C@@H](C)O)NC(=O)[C@H](CCNC(=O)OC(C)(C)C)NC(=O)[C@H](CCNC(=O)OC(C)(C)C)NC1=O. The van der Waals surface area contributed by atoms with Crippen LogP contribution in [0.5, 0.6) is 0 Å². The highest BCUT2D eigenvalue weighted by Gasteiger charge is 2.75. The van der Waals surface area contributed by atoms with Gasteiger partial charge in [0.15, 0.2) is 18.1 Å². The van der Waals surface area contributed by atoms with Crippen LogP contribution in [-0.4, -0.2) is 214 Å². The van der Waals surface area contributed by atoms with Crippen molar-refractivity contribution < 1.29 is 106 Å². The van der Waals surface area contributed by atoms with E-state index in [-0.39, 0.29) is 102 Å². The van der Waals surface area contributed by atoms with Crippen molar-refractivity contribution in [3.8, 4) is 0 Å². The molecule has 0 radical (unpaired) electrons. The minimum atomic E-state index is -2.19. The Morgan fingerprint density at radius 1 is 0.619 bits per heavy atom. The van der Waals surface area contributed by atoms with Gasteiger partial charge in [-0.3, -0.25) is 52.7 Å². The summed E-state index contributed by atoms with van der Waals surface area (Å²) in [6.45, 7) is 22.1. The van der Waals surface area contributed by atoms with Crippen LogP contribution in [0.25, 0.3) is 0 Å². The molecule has 6 rings (SSSR count). The zero-order chi connectivity index (χ0) is 84.4. The van der Waals surface area contributed by atoms with E-state index in [9.17, 15) is 82.4 Å². The van der Waals surface area contributed by atoms with Gasteiger partial charge in [-0.05, 0) is 182 Å². The van der Waals surface area contributed by atoms with Crippen molar-refractivity contribution in [2.75, 3.05) is 32.8 Å². The Hall–Kier alpha value is -9.11. The maximum Gasteiger partial charge on any atom is 0.407 e. The molecule has 0 aromatic heterocycles. The molecule has 5 aliphatic rings. The van der Waals surface area contributed by atoms with E-state index in [4.69, 9.17) is 18.9 Å². The normalized spacial score (nSPS) is 29.2. The van der Waals surface area contributed by atoms with Crippen LogP contribution in [0.3, 0.4) is 0 Å². The van der Waals surface area contributed by atoms with Crippen molar-refractivity contribution in [3.63, 3.8) is 0 Å². The smallest absolute Gasteiger partial charge is 0.407 e. The zero-order valence-electron chi connectivity index (χ0n) is 68.0. The summed E-state index contributed by atoms with van der Waals surface area (Å²) in [5, 5.41) is 63.9. The molecule has 4 aliphatic carbocycles. The monoisotopic (exact) mass is 1590 g/mol.